The highest BCUT2D eigenvalue weighted by molar-refractivity contribution is 6.29. The van der Waals surface area contributed by atoms with E-state index in [0.29, 0.717) is 0 Å². The van der Waals surface area contributed by atoms with Gasteiger partial charge in [0.2, 0.25) is 0 Å². The van der Waals surface area contributed by atoms with Gasteiger partial charge in [-0.1, -0.05) is 54.1 Å². The maximum Gasteiger partial charge on any atom is 0.0847 e. The maximum atomic E-state index is 6.51. The Morgan fingerprint density at radius 1 is 0.941 bits per heavy atom. The summed E-state index contributed by atoms with van der Waals surface area (Å²) in [6.45, 7) is 2.10. The minimum absolute atomic E-state index is 0.0195. The monoisotopic (exact) mass is 240 g/mol. The topological polar surface area (TPSA) is 0 Å². The van der Waals surface area contributed by atoms with Crippen LogP contribution in [0.1, 0.15) is 27.6 Å². The molecule has 1 unspecified atom stereocenters. The van der Waals surface area contributed by atoms with E-state index in [1.54, 1.807) is 0 Å². The first-order chi connectivity index (χ1) is 8.25. The minimum Gasteiger partial charge on any atom is -0.113 e. The first-order valence-electron chi connectivity index (χ1n) is 5.77. The van der Waals surface area contributed by atoms with Crippen LogP contribution in [0, 0.1) is 6.92 Å². The van der Waals surface area contributed by atoms with E-state index in [1.165, 1.54) is 27.8 Å². The first-order valence-corrected chi connectivity index (χ1v) is 6.21. The molecule has 0 aromatic heterocycles. The summed E-state index contributed by atoms with van der Waals surface area (Å²) < 4.78 is 0. The zero-order valence-corrected chi connectivity index (χ0v) is 10.4. The van der Waals surface area contributed by atoms with Crippen LogP contribution in [0.3, 0.4) is 0 Å². The molecule has 2 aromatic rings. The van der Waals surface area contributed by atoms with Gasteiger partial charge in [-0.05, 0) is 35.3 Å². The third kappa shape index (κ3) is 1.79. The molecule has 1 atom stereocenters. The van der Waals surface area contributed by atoms with Crippen molar-refractivity contribution >= 4 is 23.3 Å². The molecule has 2 aromatic carbocycles. The molecule has 0 amide bonds. The Kier molecular flexibility index (Phi) is 2.53. The van der Waals surface area contributed by atoms with E-state index in [4.69, 9.17) is 11.6 Å². The standard InChI is InChI=1S/C16H13Cl/c1-11-6-8-12(9-7-11)15-10-13-4-2-3-5-14(13)16(15)17/h2-10,16H,1H3. The lowest BCUT2D eigenvalue weighted by molar-refractivity contribution is 1.26. The van der Waals surface area contributed by atoms with Crippen LogP contribution in [-0.4, -0.2) is 0 Å². The van der Waals surface area contributed by atoms with E-state index < -0.39 is 0 Å². The molecule has 0 aliphatic heterocycles. The predicted molar refractivity (Wildman–Crippen MR) is 74.1 cm³/mol. The molecule has 0 spiro atoms. The number of alkyl halides is 1. The van der Waals surface area contributed by atoms with Gasteiger partial charge in [-0.3, -0.25) is 0 Å². The summed E-state index contributed by atoms with van der Waals surface area (Å²) in [5, 5.41) is -0.0195. The van der Waals surface area contributed by atoms with Crippen molar-refractivity contribution in [2.75, 3.05) is 0 Å². The molecule has 0 saturated heterocycles. The van der Waals surface area contributed by atoms with E-state index in [2.05, 4.69) is 55.5 Å². The summed E-state index contributed by atoms with van der Waals surface area (Å²) >= 11 is 6.51. The van der Waals surface area contributed by atoms with Gasteiger partial charge in [0.25, 0.3) is 0 Å². The van der Waals surface area contributed by atoms with E-state index in [9.17, 15) is 0 Å². The van der Waals surface area contributed by atoms with Crippen LogP contribution in [0.4, 0.5) is 0 Å². The summed E-state index contributed by atoms with van der Waals surface area (Å²) in [4.78, 5) is 0. The van der Waals surface area contributed by atoms with E-state index in [1.807, 2.05) is 6.07 Å². The van der Waals surface area contributed by atoms with Crippen molar-refractivity contribution in [3.63, 3.8) is 0 Å². The zero-order valence-electron chi connectivity index (χ0n) is 9.65. The number of fused-ring (bicyclic) bond motifs is 1. The Bertz CT molecular complexity index is 579. The molecule has 0 bridgehead atoms. The van der Waals surface area contributed by atoms with Crippen LogP contribution in [-0.2, 0) is 0 Å². The van der Waals surface area contributed by atoms with Crippen molar-refractivity contribution in [1.29, 1.82) is 0 Å². The van der Waals surface area contributed by atoms with Gasteiger partial charge in [0.05, 0.1) is 5.38 Å². The molecule has 0 N–H and O–H groups in total. The quantitative estimate of drug-likeness (QED) is 0.627. The van der Waals surface area contributed by atoms with Crippen molar-refractivity contribution in [2.45, 2.75) is 12.3 Å². The number of hydrogen-bond acceptors (Lipinski definition) is 0. The number of hydrogen-bond donors (Lipinski definition) is 0. The van der Waals surface area contributed by atoms with Crippen LogP contribution in [0.5, 0.6) is 0 Å². The number of allylic oxidation sites excluding steroid dienone is 1. The predicted octanol–water partition coefficient (Wildman–Crippen LogP) is 4.83. The van der Waals surface area contributed by atoms with Crippen molar-refractivity contribution in [3.05, 3.63) is 70.8 Å². The summed E-state index contributed by atoms with van der Waals surface area (Å²) in [5.41, 5.74) is 6.14. The fourth-order valence-electron chi connectivity index (χ4n) is 2.26. The number of halogens is 1. The second kappa shape index (κ2) is 4.05. The van der Waals surface area contributed by atoms with Gasteiger partial charge in [0, 0.05) is 0 Å². The van der Waals surface area contributed by atoms with Gasteiger partial charge >= 0.3 is 0 Å². The van der Waals surface area contributed by atoms with Crippen LogP contribution in [0.25, 0.3) is 11.6 Å². The van der Waals surface area contributed by atoms with Crippen molar-refractivity contribution in [1.82, 2.24) is 0 Å². The van der Waals surface area contributed by atoms with Crippen LogP contribution in [0.2, 0.25) is 0 Å². The summed E-state index contributed by atoms with van der Waals surface area (Å²) in [6.07, 6.45) is 2.19. The van der Waals surface area contributed by atoms with Gasteiger partial charge in [0.15, 0.2) is 0 Å². The lowest BCUT2D eigenvalue weighted by Gasteiger charge is -2.09. The Hall–Kier alpha value is -1.53. The average Bonchev–Trinajstić information content (AvgIpc) is 2.69. The largest absolute Gasteiger partial charge is 0.113 e. The van der Waals surface area contributed by atoms with Crippen LogP contribution in [0.15, 0.2) is 48.5 Å². The molecular formula is C16H13Cl. The Morgan fingerprint density at radius 3 is 2.35 bits per heavy atom. The fourth-order valence-corrected chi connectivity index (χ4v) is 2.64. The van der Waals surface area contributed by atoms with E-state index >= 15 is 0 Å². The van der Waals surface area contributed by atoms with Gasteiger partial charge in [-0.15, -0.1) is 11.6 Å². The van der Waals surface area contributed by atoms with Crippen molar-refractivity contribution in [3.8, 4) is 0 Å². The maximum absolute atomic E-state index is 6.51. The molecule has 1 heteroatoms. The normalized spacial score (nSPS) is 17.8. The Balaban J connectivity index is 2.05. The lowest BCUT2D eigenvalue weighted by Crippen LogP contribution is -1.90. The van der Waals surface area contributed by atoms with Crippen molar-refractivity contribution in [2.24, 2.45) is 0 Å². The van der Waals surface area contributed by atoms with E-state index in [0.717, 1.165) is 0 Å². The van der Waals surface area contributed by atoms with Gasteiger partial charge in [0.1, 0.15) is 0 Å². The molecule has 17 heavy (non-hydrogen) atoms. The smallest absolute Gasteiger partial charge is 0.0847 e. The van der Waals surface area contributed by atoms with E-state index in [-0.39, 0.29) is 5.38 Å². The Morgan fingerprint density at radius 2 is 1.65 bits per heavy atom. The SMILES string of the molecule is Cc1ccc(C2=Cc3ccccc3C2Cl)cc1. The minimum atomic E-state index is -0.0195. The van der Waals surface area contributed by atoms with Gasteiger partial charge < -0.3 is 0 Å². The molecule has 3 rings (SSSR count). The van der Waals surface area contributed by atoms with Gasteiger partial charge in [-0.2, -0.15) is 0 Å². The fraction of sp³-hybridized carbons (Fsp3) is 0.125. The zero-order chi connectivity index (χ0) is 11.8. The summed E-state index contributed by atoms with van der Waals surface area (Å²) in [5.74, 6) is 0. The molecule has 84 valence electrons. The second-order valence-corrected chi connectivity index (χ2v) is 4.89. The average molecular weight is 241 g/mol. The molecule has 0 fully saturated rings. The first kappa shape index (κ1) is 10.6. The molecule has 1 aliphatic carbocycles. The number of rotatable bonds is 1. The molecule has 0 saturated carbocycles. The van der Waals surface area contributed by atoms with Gasteiger partial charge in [-0.25, -0.2) is 0 Å². The van der Waals surface area contributed by atoms with Crippen LogP contribution >= 0.6 is 11.6 Å². The highest BCUT2D eigenvalue weighted by atomic mass is 35.5. The van der Waals surface area contributed by atoms with Crippen molar-refractivity contribution < 1.29 is 0 Å². The highest BCUT2D eigenvalue weighted by Gasteiger charge is 2.23. The number of aryl methyl sites for hydroxylation is 1. The Labute approximate surface area is 107 Å². The summed E-state index contributed by atoms with van der Waals surface area (Å²) in [7, 11) is 0. The third-order valence-corrected chi connectivity index (χ3v) is 3.71. The summed E-state index contributed by atoms with van der Waals surface area (Å²) in [6, 6.07) is 16.9. The van der Waals surface area contributed by atoms with Crippen LogP contribution < -0.4 is 0 Å². The third-order valence-electron chi connectivity index (χ3n) is 3.24. The number of benzene rings is 2. The molecule has 1 aliphatic rings. The lowest BCUT2D eigenvalue weighted by atomic mass is 10.0. The molecule has 0 nitrogen and oxygen atoms in total. The molecule has 0 heterocycles. The highest BCUT2D eigenvalue weighted by Crippen LogP contribution is 2.44. The molecule has 0 radical (unpaired) electrons. The molecular weight excluding hydrogens is 228 g/mol. The second-order valence-electron chi connectivity index (χ2n) is 4.46.